The summed E-state index contributed by atoms with van der Waals surface area (Å²) in [5.41, 5.74) is 2.98. The van der Waals surface area contributed by atoms with E-state index >= 15 is 0 Å². The minimum atomic E-state index is 0.244. The molecule has 1 aliphatic carbocycles. The Hall–Kier alpha value is -1.50. The number of halogens is 1. The second-order valence-corrected chi connectivity index (χ2v) is 7.05. The lowest BCUT2D eigenvalue weighted by Crippen LogP contribution is -2.05. The van der Waals surface area contributed by atoms with Gasteiger partial charge in [-0.3, -0.25) is 0 Å². The molecule has 1 aromatic carbocycles. The largest absolute Gasteiger partial charge is 0.378 e. The third-order valence-electron chi connectivity index (χ3n) is 3.91. The van der Waals surface area contributed by atoms with Gasteiger partial charge < -0.3 is 5.32 Å². The summed E-state index contributed by atoms with van der Waals surface area (Å²) in [5, 5.41) is 13.0. The third-order valence-corrected chi connectivity index (χ3v) is 5.66. The van der Waals surface area contributed by atoms with Gasteiger partial charge in [0, 0.05) is 15.4 Å². The summed E-state index contributed by atoms with van der Waals surface area (Å²) in [6.07, 6.45) is 5.08. The topological polar surface area (TPSA) is 35.8 Å². The highest BCUT2D eigenvalue weighted by atomic mass is 35.5. The molecule has 0 amide bonds. The van der Waals surface area contributed by atoms with E-state index < -0.39 is 0 Å². The van der Waals surface area contributed by atoms with Crippen LogP contribution in [0.2, 0.25) is 5.02 Å². The van der Waals surface area contributed by atoms with Crippen LogP contribution in [0.5, 0.6) is 0 Å². The predicted octanol–water partition coefficient (Wildman–Crippen LogP) is 5.33. The zero-order valence-corrected chi connectivity index (χ0v) is 13.5. The predicted molar refractivity (Wildman–Crippen MR) is 89.2 cm³/mol. The molecule has 0 fully saturated rings. The number of benzene rings is 1. The molecule has 3 rings (SSSR count). The summed E-state index contributed by atoms with van der Waals surface area (Å²) < 4.78 is 0. The molecule has 0 aliphatic heterocycles. The van der Waals surface area contributed by atoms with Gasteiger partial charge >= 0.3 is 0 Å². The van der Waals surface area contributed by atoms with Crippen LogP contribution in [-0.2, 0) is 12.8 Å². The van der Waals surface area contributed by atoms with Crippen molar-refractivity contribution in [3.8, 4) is 6.07 Å². The first-order valence-electron chi connectivity index (χ1n) is 7.25. The molecule has 0 radical (unpaired) electrons. The van der Waals surface area contributed by atoms with Crippen LogP contribution in [0.3, 0.4) is 0 Å². The molecule has 1 unspecified atom stereocenters. The van der Waals surface area contributed by atoms with E-state index in [-0.39, 0.29) is 6.04 Å². The van der Waals surface area contributed by atoms with E-state index in [1.54, 1.807) is 10.9 Å². The van der Waals surface area contributed by atoms with Gasteiger partial charge in [-0.1, -0.05) is 11.6 Å². The van der Waals surface area contributed by atoms with Gasteiger partial charge in [0.1, 0.15) is 6.07 Å². The lowest BCUT2D eigenvalue weighted by Gasteiger charge is -2.14. The van der Waals surface area contributed by atoms with Crippen molar-refractivity contribution in [3.05, 3.63) is 50.2 Å². The van der Waals surface area contributed by atoms with Gasteiger partial charge in [-0.15, -0.1) is 11.3 Å². The Morgan fingerprint density at radius 2 is 2.10 bits per heavy atom. The number of anilines is 1. The number of rotatable bonds is 3. The van der Waals surface area contributed by atoms with Crippen molar-refractivity contribution in [1.82, 2.24) is 0 Å². The third kappa shape index (κ3) is 3.07. The molecule has 0 spiro atoms. The Morgan fingerprint density at radius 3 is 2.86 bits per heavy atom. The van der Waals surface area contributed by atoms with E-state index in [1.807, 2.05) is 23.5 Å². The van der Waals surface area contributed by atoms with Crippen LogP contribution in [0.15, 0.2) is 24.3 Å². The number of aryl methyl sites for hydroxylation is 2. The molecule has 1 heterocycles. The quantitative estimate of drug-likeness (QED) is 0.831. The minimum Gasteiger partial charge on any atom is -0.378 e. The number of thiophene rings is 1. The van der Waals surface area contributed by atoms with Crippen molar-refractivity contribution in [2.45, 2.75) is 38.6 Å². The summed E-state index contributed by atoms with van der Waals surface area (Å²) in [4.78, 5) is 2.93. The molecule has 2 nitrogen and oxygen atoms in total. The van der Waals surface area contributed by atoms with Crippen molar-refractivity contribution in [1.29, 1.82) is 5.26 Å². The molecule has 1 N–H and O–H groups in total. The van der Waals surface area contributed by atoms with Crippen LogP contribution in [-0.4, -0.2) is 0 Å². The number of hydrogen-bond acceptors (Lipinski definition) is 3. The summed E-state index contributed by atoms with van der Waals surface area (Å²) in [6.45, 7) is 2.16. The number of nitrogens with one attached hydrogen (secondary N) is 1. The molecular weight excluding hydrogens is 300 g/mol. The molecule has 0 saturated carbocycles. The maximum atomic E-state index is 9.04. The molecule has 1 aliphatic rings. The first kappa shape index (κ1) is 14.4. The Labute approximate surface area is 134 Å². The van der Waals surface area contributed by atoms with Gasteiger partial charge in [-0.05, 0) is 62.4 Å². The molecular formula is C17H17ClN2S. The second kappa shape index (κ2) is 6.09. The highest BCUT2D eigenvalue weighted by molar-refractivity contribution is 7.12. The summed E-state index contributed by atoms with van der Waals surface area (Å²) >= 11 is 7.89. The zero-order valence-electron chi connectivity index (χ0n) is 11.9. The molecule has 4 heteroatoms. The van der Waals surface area contributed by atoms with Gasteiger partial charge in [0.25, 0.3) is 0 Å². The molecule has 1 atom stereocenters. The van der Waals surface area contributed by atoms with E-state index in [2.05, 4.69) is 24.4 Å². The van der Waals surface area contributed by atoms with Gasteiger partial charge in [0.2, 0.25) is 0 Å². The number of nitrogens with zero attached hydrogens (tertiary/aromatic N) is 1. The lowest BCUT2D eigenvalue weighted by atomic mass is 9.99. The number of fused-ring (bicyclic) bond motifs is 1. The number of nitriles is 1. The first-order chi connectivity index (χ1) is 10.2. The van der Waals surface area contributed by atoms with Gasteiger partial charge in [-0.25, -0.2) is 0 Å². The molecule has 21 heavy (non-hydrogen) atoms. The van der Waals surface area contributed by atoms with E-state index in [0.717, 1.165) is 5.69 Å². The van der Waals surface area contributed by atoms with Crippen LogP contribution in [0.25, 0.3) is 0 Å². The summed E-state index contributed by atoms with van der Waals surface area (Å²) in [7, 11) is 0. The van der Waals surface area contributed by atoms with Gasteiger partial charge in [0.05, 0.1) is 16.6 Å². The number of hydrogen-bond donors (Lipinski definition) is 1. The summed E-state index contributed by atoms with van der Waals surface area (Å²) in [6, 6.07) is 10.2. The molecule has 0 bridgehead atoms. The highest BCUT2D eigenvalue weighted by Crippen LogP contribution is 2.34. The fraction of sp³-hybridized carbons (Fsp3) is 0.353. The summed E-state index contributed by atoms with van der Waals surface area (Å²) in [5.74, 6) is 0. The molecule has 2 aromatic rings. The Kier molecular flexibility index (Phi) is 4.19. The van der Waals surface area contributed by atoms with Crippen molar-refractivity contribution in [2.24, 2.45) is 0 Å². The lowest BCUT2D eigenvalue weighted by molar-refractivity contribution is 0.696. The van der Waals surface area contributed by atoms with Crippen molar-refractivity contribution >= 4 is 28.6 Å². The van der Waals surface area contributed by atoms with E-state index in [1.165, 1.54) is 36.1 Å². The monoisotopic (exact) mass is 316 g/mol. The van der Waals surface area contributed by atoms with Crippen LogP contribution in [0.4, 0.5) is 5.69 Å². The minimum absolute atomic E-state index is 0.244. The van der Waals surface area contributed by atoms with Gasteiger partial charge in [-0.2, -0.15) is 5.26 Å². The maximum absolute atomic E-state index is 9.04. The van der Waals surface area contributed by atoms with Crippen LogP contribution < -0.4 is 5.32 Å². The standard InChI is InChI=1S/C17H17ClN2S/c1-11(17-9-12-4-2-3-5-16(12)21-17)20-14-6-7-15(18)13(8-14)10-19/h6-9,11,20H,2-5H2,1H3. The van der Waals surface area contributed by atoms with Crippen LogP contribution >= 0.6 is 22.9 Å². The maximum Gasteiger partial charge on any atom is 0.101 e. The Balaban J connectivity index is 1.78. The Morgan fingerprint density at radius 1 is 1.29 bits per heavy atom. The van der Waals surface area contributed by atoms with E-state index in [0.29, 0.717) is 10.6 Å². The average molecular weight is 317 g/mol. The average Bonchev–Trinajstić information content (AvgIpc) is 2.93. The molecule has 1 aromatic heterocycles. The smallest absolute Gasteiger partial charge is 0.101 e. The fourth-order valence-corrected chi connectivity index (χ4v) is 4.17. The van der Waals surface area contributed by atoms with Gasteiger partial charge in [0.15, 0.2) is 0 Å². The van der Waals surface area contributed by atoms with Crippen molar-refractivity contribution in [2.75, 3.05) is 5.32 Å². The first-order valence-corrected chi connectivity index (χ1v) is 8.44. The fourth-order valence-electron chi connectivity index (χ4n) is 2.75. The van der Waals surface area contributed by atoms with E-state index in [9.17, 15) is 0 Å². The second-order valence-electron chi connectivity index (χ2n) is 5.48. The van der Waals surface area contributed by atoms with E-state index in [4.69, 9.17) is 16.9 Å². The SMILES string of the molecule is CC(Nc1ccc(Cl)c(C#N)c1)c1cc2c(s1)CCCC2. The Bertz CT molecular complexity index is 676. The highest BCUT2D eigenvalue weighted by Gasteiger charge is 2.16. The normalized spacial score (nSPS) is 15.1. The molecule has 0 saturated heterocycles. The zero-order chi connectivity index (χ0) is 14.8. The van der Waals surface area contributed by atoms with Crippen LogP contribution in [0.1, 0.15) is 46.7 Å². The van der Waals surface area contributed by atoms with Crippen molar-refractivity contribution in [3.63, 3.8) is 0 Å². The van der Waals surface area contributed by atoms with Crippen LogP contribution in [0, 0.1) is 11.3 Å². The molecule has 108 valence electrons. The van der Waals surface area contributed by atoms with Crippen molar-refractivity contribution < 1.29 is 0 Å².